The van der Waals surface area contributed by atoms with E-state index in [1.54, 1.807) is 0 Å². The van der Waals surface area contributed by atoms with Crippen LogP contribution in [-0.4, -0.2) is 9.97 Å². The molecule has 4 rings (SSSR count). The Labute approximate surface area is 119 Å². The van der Waals surface area contributed by atoms with Crippen molar-refractivity contribution in [2.75, 3.05) is 0 Å². The Morgan fingerprint density at radius 1 is 1.05 bits per heavy atom. The van der Waals surface area contributed by atoms with Gasteiger partial charge in [-0.2, -0.15) is 4.98 Å². The van der Waals surface area contributed by atoms with Crippen molar-refractivity contribution < 1.29 is 4.42 Å². The highest BCUT2D eigenvalue weighted by atomic mass is 16.4. The zero-order chi connectivity index (χ0) is 14.4. The maximum absolute atomic E-state index is 12.4. The number of nitrogens with zero attached hydrogens (tertiary/aromatic N) is 1. The van der Waals surface area contributed by atoms with Gasteiger partial charge in [0.25, 0.3) is 5.56 Å². The molecule has 0 unspecified atom stereocenters. The van der Waals surface area contributed by atoms with Gasteiger partial charge < -0.3 is 9.40 Å². The molecule has 0 saturated carbocycles. The van der Waals surface area contributed by atoms with Crippen LogP contribution in [0.4, 0.5) is 0 Å². The summed E-state index contributed by atoms with van der Waals surface area (Å²) >= 11 is 0. The first-order valence-electron chi connectivity index (χ1n) is 6.88. The average molecular weight is 280 g/mol. The molecule has 1 aliphatic carbocycles. The van der Waals surface area contributed by atoms with Crippen LogP contribution in [0.2, 0.25) is 0 Å². The molecule has 3 aromatic rings. The van der Waals surface area contributed by atoms with Crippen LogP contribution in [0.3, 0.4) is 0 Å². The van der Waals surface area contributed by atoms with E-state index in [-0.39, 0.29) is 16.9 Å². The van der Waals surface area contributed by atoms with Gasteiger partial charge in [-0.3, -0.25) is 4.79 Å². The molecule has 5 heteroatoms. The molecule has 5 nitrogen and oxygen atoms in total. The van der Waals surface area contributed by atoms with Gasteiger partial charge in [0.2, 0.25) is 5.71 Å². The van der Waals surface area contributed by atoms with Crippen LogP contribution in [0, 0.1) is 0 Å². The second-order valence-corrected chi connectivity index (χ2v) is 5.16. The van der Waals surface area contributed by atoms with Crippen molar-refractivity contribution in [1.82, 2.24) is 9.97 Å². The fourth-order valence-corrected chi connectivity index (χ4v) is 2.92. The number of aryl methyl sites for hydroxylation is 1. The maximum atomic E-state index is 12.4. The molecule has 21 heavy (non-hydrogen) atoms. The minimum atomic E-state index is -0.368. The summed E-state index contributed by atoms with van der Waals surface area (Å²) in [5.41, 5.74) is 1.72. The van der Waals surface area contributed by atoms with Crippen molar-refractivity contribution in [3.63, 3.8) is 0 Å². The molecule has 1 aliphatic rings. The highest BCUT2D eigenvalue weighted by Gasteiger charge is 2.22. The molecule has 0 amide bonds. The molecular formula is C16H12N2O3. The first-order valence-corrected chi connectivity index (χ1v) is 6.88. The summed E-state index contributed by atoms with van der Waals surface area (Å²) in [7, 11) is 0. The van der Waals surface area contributed by atoms with Crippen LogP contribution in [0.25, 0.3) is 22.5 Å². The number of fused-ring (bicyclic) bond motifs is 3. The molecule has 1 N–H and O–H groups in total. The third-order valence-electron chi connectivity index (χ3n) is 3.89. The molecule has 104 valence electrons. The van der Waals surface area contributed by atoms with Crippen LogP contribution < -0.4 is 11.2 Å². The standard InChI is InChI=1S/C16H12N2O3/c19-14-12-10-7-4-8-11(10)16(20)21-15(12)18-13(17-14)9-5-2-1-3-6-9/h1-3,5-6H,4,7-8H2,(H,17,18,19). The summed E-state index contributed by atoms with van der Waals surface area (Å²) in [6, 6.07) is 9.29. The zero-order valence-corrected chi connectivity index (χ0v) is 11.2. The largest absolute Gasteiger partial charge is 0.403 e. The number of rotatable bonds is 1. The van der Waals surface area contributed by atoms with Gasteiger partial charge in [0, 0.05) is 11.1 Å². The lowest BCUT2D eigenvalue weighted by atomic mass is 10.1. The third-order valence-corrected chi connectivity index (χ3v) is 3.89. The Morgan fingerprint density at radius 3 is 2.62 bits per heavy atom. The fourth-order valence-electron chi connectivity index (χ4n) is 2.92. The minimum Gasteiger partial charge on any atom is -0.403 e. The number of aromatic amines is 1. The Bertz CT molecular complexity index is 955. The second-order valence-electron chi connectivity index (χ2n) is 5.16. The van der Waals surface area contributed by atoms with Crippen LogP contribution in [0.15, 0.2) is 44.3 Å². The minimum absolute atomic E-state index is 0.128. The molecule has 0 bridgehead atoms. The first kappa shape index (κ1) is 12.1. The molecule has 0 aliphatic heterocycles. The number of H-pyrrole nitrogens is 1. The van der Waals surface area contributed by atoms with Crippen molar-refractivity contribution in [2.24, 2.45) is 0 Å². The number of benzene rings is 1. The Hall–Kier alpha value is -2.69. The SMILES string of the molecule is O=c1oc2nc(-c3ccccc3)[nH]c(=O)c2c2c1CCC2. The lowest BCUT2D eigenvalue weighted by molar-refractivity contribution is 0.540. The fraction of sp³-hybridized carbons (Fsp3) is 0.188. The van der Waals surface area contributed by atoms with Crippen LogP contribution in [0.5, 0.6) is 0 Å². The number of nitrogens with one attached hydrogen (secondary N) is 1. The second kappa shape index (κ2) is 4.41. The van der Waals surface area contributed by atoms with Crippen molar-refractivity contribution in [1.29, 1.82) is 0 Å². The van der Waals surface area contributed by atoms with Gasteiger partial charge >= 0.3 is 5.63 Å². The lowest BCUT2D eigenvalue weighted by Gasteiger charge is -2.05. The van der Waals surface area contributed by atoms with Crippen molar-refractivity contribution >= 4 is 11.1 Å². The molecule has 1 aromatic carbocycles. The maximum Gasteiger partial charge on any atom is 0.341 e. The summed E-state index contributed by atoms with van der Waals surface area (Å²) in [5, 5.41) is 0.418. The quantitative estimate of drug-likeness (QED) is 0.740. The van der Waals surface area contributed by atoms with Crippen LogP contribution in [0.1, 0.15) is 17.5 Å². The molecule has 0 radical (unpaired) electrons. The molecule has 0 fully saturated rings. The highest BCUT2D eigenvalue weighted by Crippen LogP contribution is 2.25. The van der Waals surface area contributed by atoms with E-state index in [2.05, 4.69) is 9.97 Å². The van der Waals surface area contributed by atoms with E-state index in [1.807, 2.05) is 30.3 Å². The molecule has 0 spiro atoms. The summed E-state index contributed by atoms with van der Waals surface area (Å²) in [6.07, 6.45) is 2.28. The van der Waals surface area contributed by atoms with Gasteiger partial charge in [-0.15, -0.1) is 0 Å². The highest BCUT2D eigenvalue weighted by molar-refractivity contribution is 5.79. The van der Waals surface area contributed by atoms with Gasteiger partial charge in [-0.25, -0.2) is 4.79 Å². The molecular weight excluding hydrogens is 268 g/mol. The predicted molar refractivity (Wildman–Crippen MR) is 78.4 cm³/mol. The topological polar surface area (TPSA) is 76.0 Å². The van der Waals surface area contributed by atoms with E-state index in [4.69, 9.17) is 4.42 Å². The van der Waals surface area contributed by atoms with Crippen LogP contribution in [-0.2, 0) is 12.8 Å². The van der Waals surface area contributed by atoms with Gasteiger partial charge in [0.15, 0.2) is 0 Å². The molecule has 0 saturated heterocycles. The lowest BCUT2D eigenvalue weighted by Crippen LogP contribution is -2.16. The predicted octanol–water partition coefficient (Wildman–Crippen LogP) is 2.03. The van der Waals surface area contributed by atoms with E-state index < -0.39 is 0 Å². The van der Waals surface area contributed by atoms with Gasteiger partial charge in [0.05, 0.1) is 0 Å². The Morgan fingerprint density at radius 2 is 1.81 bits per heavy atom. The third kappa shape index (κ3) is 1.81. The summed E-state index contributed by atoms with van der Waals surface area (Å²) in [4.78, 5) is 31.5. The molecule has 0 atom stereocenters. The molecule has 2 aromatic heterocycles. The van der Waals surface area contributed by atoms with E-state index in [9.17, 15) is 9.59 Å². The van der Waals surface area contributed by atoms with Crippen molar-refractivity contribution in [3.8, 4) is 11.4 Å². The summed E-state index contributed by atoms with van der Waals surface area (Å²) in [6.45, 7) is 0. The Balaban J connectivity index is 2.07. The van der Waals surface area contributed by atoms with Gasteiger partial charge in [0.1, 0.15) is 11.2 Å². The number of hydrogen-bond donors (Lipinski definition) is 1. The Kier molecular flexibility index (Phi) is 2.54. The normalized spacial score (nSPS) is 13.5. The van der Waals surface area contributed by atoms with E-state index in [0.717, 1.165) is 24.0 Å². The van der Waals surface area contributed by atoms with E-state index >= 15 is 0 Å². The number of hydrogen-bond acceptors (Lipinski definition) is 4. The van der Waals surface area contributed by atoms with Crippen LogP contribution >= 0.6 is 0 Å². The first-order chi connectivity index (χ1) is 10.2. The van der Waals surface area contributed by atoms with Gasteiger partial charge in [-0.1, -0.05) is 30.3 Å². The molecule has 2 heterocycles. The van der Waals surface area contributed by atoms with Gasteiger partial charge in [-0.05, 0) is 24.8 Å². The van der Waals surface area contributed by atoms with Crippen molar-refractivity contribution in [2.45, 2.75) is 19.3 Å². The average Bonchev–Trinajstić information content (AvgIpc) is 2.97. The number of aromatic nitrogens is 2. The summed E-state index contributed by atoms with van der Waals surface area (Å²) < 4.78 is 5.26. The van der Waals surface area contributed by atoms with Crippen molar-refractivity contribution in [3.05, 3.63) is 62.2 Å². The van der Waals surface area contributed by atoms with E-state index in [1.165, 1.54) is 0 Å². The van der Waals surface area contributed by atoms with E-state index in [0.29, 0.717) is 23.2 Å². The monoisotopic (exact) mass is 280 g/mol. The summed E-state index contributed by atoms with van der Waals surface area (Å²) in [5.74, 6) is 0.411. The zero-order valence-electron chi connectivity index (χ0n) is 11.2. The smallest absolute Gasteiger partial charge is 0.341 e.